The third kappa shape index (κ3) is 3.67. The van der Waals surface area contributed by atoms with Crippen molar-refractivity contribution in [3.05, 3.63) is 34.9 Å². The van der Waals surface area contributed by atoms with E-state index in [4.69, 9.17) is 5.73 Å². The van der Waals surface area contributed by atoms with Crippen LogP contribution in [0.5, 0.6) is 0 Å². The summed E-state index contributed by atoms with van der Waals surface area (Å²) >= 11 is 0. The largest absolute Gasteiger partial charge is 0.330 e. The van der Waals surface area contributed by atoms with Crippen molar-refractivity contribution in [3.63, 3.8) is 0 Å². The molecule has 1 atom stereocenters. The van der Waals surface area contributed by atoms with Crippen LogP contribution in [0.3, 0.4) is 0 Å². The van der Waals surface area contributed by atoms with Crippen LogP contribution in [0.4, 0.5) is 0 Å². The van der Waals surface area contributed by atoms with Gasteiger partial charge in [0.2, 0.25) is 0 Å². The van der Waals surface area contributed by atoms with Crippen molar-refractivity contribution in [2.45, 2.75) is 46.0 Å². The van der Waals surface area contributed by atoms with Crippen LogP contribution < -0.4 is 5.73 Å². The number of aryl methyl sites for hydroxylation is 2. The van der Waals surface area contributed by atoms with Gasteiger partial charge in [0.1, 0.15) is 0 Å². The highest BCUT2D eigenvalue weighted by Gasteiger charge is 2.07. The van der Waals surface area contributed by atoms with Crippen LogP contribution in [0.25, 0.3) is 0 Å². The lowest BCUT2D eigenvalue weighted by molar-refractivity contribution is 0.607. The van der Waals surface area contributed by atoms with Crippen molar-refractivity contribution < 1.29 is 0 Å². The van der Waals surface area contributed by atoms with E-state index in [0.29, 0.717) is 5.92 Å². The Morgan fingerprint density at radius 3 is 2.60 bits per heavy atom. The maximum Gasteiger partial charge on any atom is -0.00773 e. The Morgan fingerprint density at radius 1 is 1.20 bits per heavy atom. The molecule has 2 N–H and O–H groups in total. The lowest BCUT2D eigenvalue weighted by atomic mass is 9.91. The van der Waals surface area contributed by atoms with Gasteiger partial charge in [-0.25, -0.2) is 0 Å². The second kappa shape index (κ2) is 5.92. The van der Waals surface area contributed by atoms with E-state index >= 15 is 0 Å². The average Bonchev–Trinajstić information content (AvgIpc) is 2.22. The highest BCUT2D eigenvalue weighted by Crippen LogP contribution is 2.25. The summed E-state index contributed by atoms with van der Waals surface area (Å²) in [6.45, 7) is 7.50. The minimum atomic E-state index is 0.663. The van der Waals surface area contributed by atoms with Gasteiger partial charge in [-0.05, 0) is 50.3 Å². The average molecular weight is 205 g/mol. The van der Waals surface area contributed by atoms with E-state index < -0.39 is 0 Å². The summed E-state index contributed by atoms with van der Waals surface area (Å²) in [4.78, 5) is 0. The van der Waals surface area contributed by atoms with Crippen LogP contribution >= 0.6 is 0 Å². The SMILES string of the molecule is Cc1ccc(C)c(C(C)CCCCN)c1. The molecule has 84 valence electrons. The monoisotopic (exact) mass is 205 g/mol. The normalized spacial score (nSPS) is 12.8. The predicted octanol–water partition coefficient (Wildman–Crippen LogP) is 3.54. The second-order valence-electron chi connectivity index (χ2n) is 4.55. The Balaban J connectivity index is 2.64. The first-order valence-electron chi connectivity index (χ1n) is 5.92. The van der Waals surface area contributed by atoms with Crippen molar-refractivity contribution in [2.24, 2.45) is 5.73 Å². The fourth-order valence-corrected chi connectivity index (χ4v) is 2.04. The van der Waals surface area contributed by atoms with Crippen molar-refractivity contribution in [2.75, 3.05) is 6.54 Å². The summed E-state index contributed by atoms with van der Waals surface area (Å²) in [5.74, 6) is 0.663. The first kappa shape index (κ1) is 12.3. The molecule has 0 radical (unpaired) electrons. The number of hydrogen-bond donors (Lipinski definition) is 1. The number of rotatable bonds is 5. The molecule has 0 aromatic heterocycles. The highest BCUT2D eigenvalue weighted by atomic mass is 14.5. The zero-order valence-corrected chi connectivity index (χ0v) is 10.2. The van der Waals surface area contributed by atoms with Crippen LogP contribution in [0, 0.1) is 13.8 Å². The molecule has 1 heteroatoms. The Hall–Kier alpha value is -0.820. The smallest absolute Gasteiger partial charge is 0.00773 e. The molecule has 0 bridgehead atoms. The van der Waals surface area contributed by atoms with Crippen LogP contribution in [0.1, 0.15) is 48.8 Å². The van der Waals surface area contributed by atoms with Gasteiger partial charge in [0, 0.05) is 0 Å². The van der Waals surface area contributed by atoms with E-state index in [0.717, 1.165) is 13.0 Å². The zero-order chi connectivity index (χ0) is 11.3. The fourth-order valence-electron chi connectivity index (χ4n) is 2.04. The molecule has 0 fully saturated rings. The molecule has 0 aliphatic heterocycles. The summed E-state index contributed by atoms with van der Waals surface area (Å²) in [6, 6.07) is 6.73. The summed E-state index contributed by atoms with van der Waals surface area (Å²) < 4.78 is 0. The van der Waals surface area contributed by atoms with Crippen LogP contribution in [-0.4, -0.2) is 6.54 Å². The van der Waals surface area contributed by atoms with E-state index in [1.54, 1.807) is 0 Å². The number of unbranched alkanes of at least 4 members (excludes halogenated alkanes) is 1. The number of nitrogens with two attached hydrogens (primary N) is 1. The Labute approximate surface area is 93.7 Å². The van der Waals surface area contributed by atoms with Gasteiger partial charge in [0.25, 0.3) is 0 Å². The molecule has 1 aromatic rings. The summed E-state index contributed by atoms with van der Waals surface area (Å²) in [5.41, 5.74) is 9.79. The maximum absolute atomic E-state index is 5.51. The first-order chi connectivity index (χ1) is 7.15. The molecule has 0 aliphatic carbocycles. The molecule has 1 nitrogen and oxygen atoms in total. The van der Waals surface area contributed by atoms with Gasteiger partial charge in [0.15, 0.2) is 0 Å². The standard InChI is InChI=1S/C14H23N/c1-11-7-8-13(3)14(10-11)12(2)6-4-5-9-15/h7-8,10,12H,4-6,9,15H2,1-3H3. The van der Waals surface area contributed by atoms with E-state index in [2.05, 4.69) is 39.0 Å². The van der Waals surface area contributed by atoms with Crippen molar-refractivity contribution in [1.82, 2.24) is 0 Å². The second-order valence-corrected chi connectivity index (χ2v) is 4.55. The van der Waals surface area contributed by atoms with Crippen molar-refractivity contribution in [3.8, 4) is 0 Å². The molecule has 0 saturated heterocycles. The van der Waals surface area contributed by atoms with Gasteiger partial charge in [-0.1, -0.05) is 37.1 Å². The minimum absolute atomic E-state index is 0.663. The van der Waals surface area contributed by atoms with E-state index in [1.165, 1.54) is 29.5 Å². The third-order valence-electron chi connectivity index (χ3n) is 3.06. The van der Waals surface area contributed by atoms with E-state index in [-0.39, 0.29) is 0 Å². The lowest BCUT2D eigenvalue weighted by Gasteiger charge is -2.15. The van der Waals surface area contributed by atoms with Gasteiger partial charge in [-0.2, -0.15) is 0 Å². The van der Waals surface area contributed by atoms with Crippen LogP contribution in [0.2, 0.25) is 0 Å². The minimum Gasteiger partial charge on any atom is -0.330 e. The molecule has 0 saturated carbocycles. The number of benzene rings is 1. The Bertz CT molecular complexity index is 304. The van der Waals surface area contributed by atoms with E-state index in [1.807, 2.05) is 0 Å². The molecule has 0 aliphatic rings. The zero-order valence-electron chi connectivity index (χ0n) is 10.2. The number of hydrogen-bond acceptors (Lipinski definition) is 1. The molecule has 0 heterocycles. The van der Waals surface area contributed by atoms with Crippen LogP contribution in [0.15, 0.2) is 18.2 Å². The maximum atomic E-state index is 5.51. The molecule has 0 spiro atoms. The van der Waals surface area contributed by atoms with Gasteiger partial charge in [-0.15, -0.1) is 0 Å². The van der Waals surface area contributed by atoms with Gasteiger partial charge < -0.3 is 5.73 Å². The Morgan fingerprint density at radius 2 is 1.93 bits per heavy atom. The summed E-state index contributed by atoms with van der Waals surface area (Å²) in [5, 5.41) is 0. The van der Waals surface area contributed by atoms with Crippen molar-refractivity contribution >= 4 is 0 Å². The van der Waals surface area contributed by atoms with Gasteiger partial charge in [0.05, 0.1) is 0 Å². The summed E-state index contributed by atoms with van der Waals surface area (Å²) in [7, 11) is 0. The van der Waals surface area contributed by atoms with E-state index in [9.17, 15) is 0 Å². The molecule has 1 unspecified atom stereocenters. The molecular weight excluding hydrogens is 182 g/mol. The van der Waals surface area contributed by atoms with Gasteiger partial charge >= 0.3 is 0 Å². The topological polar surface area (TPSA) is 26.0 Å². The lowest BCUT2D eigenvalue weighted by Crippen LogP contribution is -2.01. The predicted molar refractivity (Wildman–Crippen MR) is 67.2 cm³/mol. The quantitative estimate of drug-likeness (QED) is 0.731. The van der Waals surface area contributed by atoms with Crippen LogP contribution in [-0.2, 0) is 0 Å². The fraction of sp³-hybridized carbons (Fsp3) is 0.571. The molecular formula is C14H23N. The third-order valence-corrected chi connectivity index (χ3v) is 3.06. The summed E-state index contributed by atoms with van der Waals surface area (Å²) in [6.07, 6.45) is 3.64. The molecule has 1 rings (SSSR count). The highest BCUT2D eigenvalue weighted by molar-refractivity contribution is 5.32. The first-order valence-corrected chi connectivity index (χ1v) is 5.92. The Kier molecular flexibility index (Phi) is 4.83. The molecule has 0 amide bonds. The van der Waals surface area contributed by atoms with Crippen molar-refractivity contribution in [1.29, 1.82) is 0 Å². The molecule has 15 heavy (non-hydrogen) atoms. The molecule has 1 aromatic carbocycles. The van der Waals surface area contributed by atoms with Gasteiger partial charge in [-0.3, -0.25) is 0 Å².